The molecule has 0 unspecified atom stereocenters. The van der Waals surface area contributed by atoms with Gasteiger partial charge in [-0.3, -0.25) is 9.59 Å². The van der Waals surface area contributed by atoms with E-state index in [4.69, 9.17) is 4.74 Å². The van der Waals surface area contributed by atoms with Gasteiger partial charge in [0.1, 0.15) is 11.6 Å². The van der Waals surface area contributed by atoms with Gasteiger partial charge in [-0.2, -0.15) is 0 Å². The van der Waals surface area contributed by atoms with E-state index in [-0.39, 0.29) is 11.8 Å². The van der Waals surface area contributed by atoms with E-state index in [1.54, 1.807) is 6.92 Å². The van der Waals surface area contributed by atoms with Gasteiger partial charge in [-0.1, -0.05) is 25.7 Å². The van der Waals surface area contributed by atoms with Crippen LogP contribution < -0.4 is 15.5 Å². The second kappa shape index (κ2) is 8.63. The Labute approximate surface area is 176 Å². The van der Waals surface area contributed by atoms with Gasteiger partial charge >= 0.3 is 6.03 Å². The summed E-state index contributed by atoms with van der Waals surface area (Å²) in [5, 5.41) is 5.73. The van der Waals surface area contributed by atoms with Crippen molar-refractivity contribution in [1.29, 1.82) is 0 Å². The van der Waals surface area contributed by atoms with Crippen LogP contribution >= 0.6 is 0 Å². The largest absolute Gasteiger partial charge is 0.378 e. The molecule has 0 bridgehead atoms. The van der Waals surface area contributed by atoms with Crippen LogP contribution in [0.5, 0.6) is 0 Å². The van der Waals surface area contributed by atoms with E-state index in [9.17, 15) is 14.4 Å². The van der Waals surface area contributed by atoms with Crippen LogP contribution in [-0.2, 0) is 14.3 Å². The molecule has 162 valence electrons. The molecular weight excluding hydrogens is 384 g/mol. The SMILES string of the molecule is C[C@@H](C(=O)Nc1ccc(N2CCOCC2)cc1)N1C(=O)NC2(CCCCCC2)C1=O. The lowest BCUT2D eigenvalue weighted by atomic mass is 9.90. The second-order valence-electron chi connectivity index (χ2n) is 8.41. The monoisotopic (exact) mass is 414 g/mol. The molecule has 2 heterocycles. The molecule has 30 heavy (non-hydrogen) atoms. The van der Waals surface area contributed by atoms with Crippen molar-refractivity contribution in [3.8, 4) is 0 Å². The number of rotatable bonds is 4. The zero-order chi connectivity index (χ0) is 21.1. The maximum Gasteiger partial charge on any atom is 0.325 e. The first-order valence-electron chi connectivity index (χ1n) is 10.9. The van der Waals surface area contributed by atoms with Gasteiger partial charge in [-0.15, -0.1) is 0 Å². The summed E-state index contributed by atoms with van der Waals surface area (Å²) in [6.45, 7) is 4.71. The van der Waals surface area contributed by atoms with Crippen LogP contribution in [0.2, 0.25) is 0 Å². The average molecular weight is 415 g/mol. The fourth-order valence-corrected chi connectivity index (χ4v) is 4.61. The van der Waals surface area contributed by atoms with Gasteiger partial charge in [0.05, 0.1) is 13.2 Å². The lowest BCUT2D eigenvalue weighted by Crippen LogP contribution is -2.49. The molecule has 3 aliphatic rings. The maximum absolute atomic E-state index is 13.1. The van der Waals surface area contributed by atoms with Crippen LogP contribution in [0.25, 0.3) is 0 Å². The van der Waals surface area contributed by atoms with Crippen molar-refractivity contribution in [3.05, 3.63) is 24.3 Å². The number of imide groups is 1. The van der Waals surface area contributed by atoms with Crippen molar-refractivity contribution in [2.24, 2.45) is 0 Å². The highest BCUT2D eigenvalue weighted by atomic mass is 16.5. The highest BCUT2D eigenvalue weighted by Gasteiger charge is 2.53. The van der Waals surface area contributed by atoms with Crippen LogP contribution in [0.4, 0.5) is 16.2 Å². The van der Waals surface area contributed by atoms with Crippen molar-refractivity contribution >= 4 is 29.2 Å². The summed E-state index contributed by atoms with van der Waals surface area (Å²) in [5.74, 6) is -0.636. The number of nitrogens with zero attached hydrogens (tertiary/aromatic N) is 2. The van der Waals surface area contributed by atoms with E-state index in [2.05, 4.69) is 15.5 Å². The number of amides is 4. The quantitative estimate of drug-likeness (QED) is 0.739. The Morgan fingerprint density at radius 3 is 2.33 bits per heavy atom. The van der Waals surface area contributed by atoms with Gasteiger partial charge < -0.3 is 20.3 Å². The molecule has 1 spiro atoms. The molecule has 2 N–H and O–H groups in total. The maximum atomic E-state index is 13.1. The predicted octanol–water partition coefficient (Wildman–Crippen LogP) is 2.50. The number of benzene rings is 1. The molecule has 1 atom stereocenters. The molecule has 4 rings (SSSR count). The predicted molar refractivity (Wildman–Crippen MR) is 113 cm³/mol. The molecule has 0 aromatic heterocycles. The number of anilines is 2. The van der Waals surface area contributed by atoms with Crippen molar-refractivity contribution in [2.75, 3.05) is 36.5 Å². The van der Waals surface area contributed by atoms with Crippen molar-refractivity contribution in [3.63, 3.8) is 0 Å². The van der Waals surface area contributed by atoms with Crippen LogP contribution in [0.3, 0.4) is 0 Å². The third kappa shape index (κ3) is 4.01. The number of urea groups is 1. The molecule has 4 amide bonds. The van der Waals surface area contributed by atoms with Gasteiger partial charge in [0.25, 0.3) is 5.91 Å². The number of nitrogens with one attached hydrogen (secondary N) is 2. The standard InChI is InChI=1S/C22H30N4O4/c1-16(26-20(28)22(24-21(26)29)10-4-2-3-5-11-22)19(27)23-17-6-8-18(9-7-17)25-12-14-30-15-13-25/h6-9,16H,2-5,10-15H2,1H3,(H,23,27)(H,24,29)/t16-/m0/s1. The van der Waals surface area contributed by atoms with Gasteiger partial charge in [0.2, 0.25) is 5.91 Å². The van der Waals surface area contributed by atoms with Gasteiger partial charge in [-0.05, 0) is 44.0 Å². The Morgan fingerprint density at radius 1 is 1.07 bits per heavy atom. The summed E-state index contributed by atoms with van der Waals surface area (Å²) in [6, 6.07) is 6.26. The van der Waals surface area contributed by atoms with E-state index in [1.165, 1.54) is 0 Å². The molecule has 2 aliphatic heterocycles. The molecule has 8 nitrogen and oxygen atoms in total. The van der Waals surface area contributed by atoms with Crippen LogP contribution in [0.1, 0.15) is 45.4 Å². The third-order valence-electron chi connectivity index (χ3n) is 6.43. The van der Waals surface area contributed by atoms with Gasteiger partial charge in [0.15, 0.2) is 0 Å². The zero-order valence-electron chi connectivity index (χ0n) is 17.5. The molecule has 1 aromatic rings. The lowest BCUT2D eigenvalue weighted by molar-refractivity contribution is -0.136. The molecule has 1 saturated carbocycles. The summed E-state index contributed by atoms with van der Waals surface area (Å²) >= 11 is 0. The molecule has 8 heteroatoms. The Balaban J connectivity index is 1.40. The Hall–Kier alpha value is -2.61. The molecule has 3 fully saturated rings. The van der Waals surface area contributed by atoms with Crippen molar-refractivity contribution in [2.45, 2.75) is 57.0 Å². The normalized spacial score (nSPS) is 22.6. The van der Waals surface area contributed by atoms with E-state index in [0.29, 0.717) is 31.7 Å². The third-order valence-corrected chi connectivity index (χ3v) is 6.43. The molecule has 2 saturated heterocycles. The highest BCUT2D eigenvalue weighted by Crippen LogP contribution is 2.33. The Morgan fingerprint density at radius 2 is 1.70 bits per heavy atom. The van der Waals surface area contributed by atoms with Crippen molar-refractivity contribution in [1.82, 2.24) is 10.2 Å². The minimum Gasteiger partial charge on any atom is -0.378 e. The number of carbonyl (C=O) groups excluding carboxylic acids is 3. The Kier molecular flexibility index (Phi) is 5.94. The highest BCUT2D eigenvalue weighted by molar-refractivity contribution is 6.11. The molecular formula is C22H30N4O4. The molecule has 1 aromatic carbocycles. The molecule has 1 aliphatic carbocycles. The molecule has 0 radical (unpaired) electrons. The summed E-state index contributed by atoms with van der Waals surface area (Å²) in [7, 11) is 0. The topological polar surface area (TPSA) is 91.0 Å². The summed E-state index contributed by atoms with van der Waals surface area (Å²) < 4.78 is 5.38. The van der Waals surface area contributed by atoms with Crippen LogP contribution in [-0.4, -0.2) is 60.6 Å². The van der Waals surface area contributed by atoms with Crippen molar-refractivity contribution < 1.29 is 19.1 Å². The first kappa shape index (κ1) is 20.7. The van der Waals surface area contributed by atoms with E-state index in [1.807, 2.05) is 24.3 Å². The number of morpholine rings is 1. The van der Waals surface area contributed by atoms with E-state index < -0.39 is 17.6 Å². The fraction of sp³-hybridized carbons (Fsp3) is 0.591. The average Bonchev–Trinajstić information content (AvgIpc) is 2.90. The summed E-state index contributed by atoms with van der Waals surface area (Å²) in [6.07, 6.45) is 5.26. The number of hydrogen-bond donors (Lipinski definition) is 2. The Bertz CT molecular complexity index is 796. The van der Waals surface area contributed by atoms with Gasteiger partial charge in [0, 0.05) is 24.5 Å². The van der Waals surface area contributed by atoms with E-state index in [0.717, 1.165) is 49.4 Å². The summed E-state index contributed by atoms with van der Waals surface area (Å²) in [5.41, 5.74) is 0.885. The zero-order valence-corrected chi connectivity index (χ0v) is 17.5. The second-order valence-corrected chi connectivity index (χ2v) is 8.41. The smallest absolute Gasteiger partial charge is 0.325 e. The number of hydrogen-bond acceptors (Lipinski definition) is 5. The minimum absolute atomic E-state index is 0.264. The number of ether oxygens (including phenoxy) is 1. The lowest BCUT2D eigenvalue weighted by Gasteiger charge is -2.29. The van der Waals surface area contributed by atoms with Gasteiger partial charge in [-0.25, -0.2) is 9.69 Å². The first-order valence-corrected chi connectivity index (χ1v) is 10.9. The summed E-state index contributed by atoms with van der Waals surface area (Å²) in [4.78, 5) is 41.8. The minimum atomic E-state index is -0.876. The van der Waals surface area contributed by atoms with E-state index >= 15 is 0 Å². The van der Waals surface area contributed by atoms with Crippen LogP contribution in [0, 0.1) is 0 Å². The first-order chi connectivity index (χ1) is 14.5. The van der Waals surface area contributed by atoms with Crippen LogP contribution in [0.15, 0.2) is 24.3 Å². The fourth-order valence-electron chi connectivity index (χ4n) is 4.61. The number of carbonyl (C=O) groups is 3.